The summed E-state index contributed by atoms with van der Waals surface area (Å²) in [7, 11) is 0. The number of aromatic nitrogens is 1. The quantitative estimate of drug-likeness (QED) is 0.720. The predicted molar refractivity (Wildman–Crippen MR) is 110 cm³/mol. The highest BCUT2D eigenvalue weighted by Gasteiger charge is 2.26. The van der Waals surface area contributed by atoms with Crippen LogP contribution in [0.15, 0.2) is 42.6 Å². The van der Waals surface area contributed by atoms with Crippen molar-refractivity contribution in [3.8, 4) is 0 Å². The Hall–Kier alpha value is -2.80. The van der Waals surface area contributed by atoms with E-state index in [1.54, 1.807) is 32.9 Å². The summed E-state index contributed by atoms with van der Waals surface area (Å²) < 4.78 is 18.6. The van der Waals surface area contributed by atoms with Gasteiger partial charge in [-0.1, -0.05) is 13.8 Å². The molecule has 1 heterocycles. The molecule has 7 heteroatoms. The van der Waals surface area contributed by atoms with Gasteiger partial charge in [0.1, 0.15) is 17.2 Å². The summed E-state index contributed by atoms with van der Waals surface area (Å²) in [6, 6.07) is 7.48. The second-order valence-corrected chi connectivity index (χ2v) is 8.28. The van der Waals surface area contributed by atoms with E-state index in [2.05, 4.69) is 4.98 Å². The minimum Gasteiger partial charge on any atom is -0.443 e. The van der Waals surface area contributed by atoms with Gasteiger partial charge in [-0.3, -0.25) is 9.69 Å². The molecule has 0 fully saturated rings. The first-order valence-electron chi connectivity index (χ1n) is 9.50. The third-order valence-electron chi connectivity index (χ3n) is 3.98. The summed E-state index contributed by atoms with van der Waals surface area (Å²) in [5, 5.41) is 0. The summed E-state index contributed by atoms with van der Waals surface area (Å²) >= 11 is 0. The van der Waals surface area contributed by atoms with Crippen LogP contribution in [0.1, 0.15) is 56.6 Å². The monoisotopic (exact) mass is 401 g/mol. The van der Waals surface area contributed by atoms with Gasteiger partial charge in [0.2, 0.25) is 0 Å². The molecule has 1 aromatic carbocycles. The number of ketones is 1. The number of nitrogens with two attached hydrogens (primary N) is 1. The van der Waals surface area contributed by atoms with Crippen LogP contribution in [0.2, 0.25) is 0 Å². The lowest BCUT2D eigenvalue weighted by molar-refractivity contribution is 0.0575. The first kappa shape index (κ1) is 22.5. The molecule has 1 aromatic heterocycles. The van der Waals surface area contributed by atoms with Crippen molar-refractivity contribution in [2.24, 2.45) is 11.7 Å². The van der Waals surface area contributed by atoms with E-state index in [9.17, 15) is 14.0 Å². The molecular weight excluding hydrogens is 373 g/mol. The highest BCUT2D eigenvalue weighted by molar-refractivity contribution is 6.00. The highest BCUT2D eigenvalue weighted by atomic mass is 19.1. The minimum absolute atomic E-state index is 0.169. The van der Waals surface area contributed by atoms with Crippen LogP contribution in [0, 0.1) is 11.7 Å². The lowest BCUT2D eigenvalue weighted by Crippen LogP contribution is -2.39. The molecule has 6 nitrogen and oxygen atoms in total. The lowest BCUT2D eigenvalue weighted by Gasteiger charge is -2.28. The Balaban J connectivity index is 2.31. The van der Waals surface area contributed by atoms with Crippen LogP contribution >= 0.6 is 0 Å². The molecule has 29 heavy (non-hydrogen) atoms. The van der Waals surface area contributed by atoms with Crippen molar-refractivity contribution in [2.75, 3.05) is 11.4 Å². The smallest absolute Gasteiger partial charge is 0.416 e. The van der Waals surface area contributed by atoms with E-state index >= 15 is 0 Å². The Labute approximate surface area is 170 Å². The number of carbonyl (C=O) groups excluding carboxylic acids is 2. The number of hydrogen-bond donors (Lipinski definition) is 1. The van der Waals surface area contributed by atoms with Crippen LogP contribution in [0.25, 0.3) is 0 Å². The van der Waals surface area contributed by atoms with E-state index in [1.165, 1.54) is 35.4 Å². The number of pyridine rings is 1. The third-order valence-corrected chi connectivity index (χ3v) is 3.98. The number of halogens is 1. The van der Waals surface area contributed by atoms with Gasteiger partial charge in [0, 0.05) is 18.3 Å². The molecule has 0 spiro atoms. The molecule has 156 valence electrons. The van der Waals surface area contributed by atoms with Crippen LogP contribution in [-0.2, 0) is 4.74 Å². The van der Waals surface area contributed by atoms with Gasteiger partial charge in [0.05, 0.1) is 6.04 Å². The Bertz CT molecular complexity index is 860. The number of rotatable bonds is 6. The SMILES string of the molecule is CC(C)CN(C(=O)OC(C)(C)C)c1cc(C(N)C(=O)c2ccc(F)cc2)ccn1. The van der Waals surface area contributed by atoms with Crippen LogP contribution in [-0.4, -0.2) is 29.0 Å². The van der Waals surface area contributed by atoms with Crippen LogP contribution < -0.4 is 10.6 Å². The summed E-state index contributed by atoms with van der Waals surface area (Å²) in [6.07, 6.45) is 0.981. The molecule has 2 rings (SSSR count). The molecule has 0 aliphatic heterocycles. The number of benzene rings is 1. The topological polar surface area (TPSA) is 85.5 Å². The highest BCUT2D eigenvalue weighted by Crippen LogP contribution is 2.23. The average Bonchev–Trinajstić information content (AvgIpc) is 2.64. The fraction of sp³-hybridized carbons (Fsp3) is 0.409. The van der Waals surface area contributed by atoms with E-state index in [1.807, 2.05) is 13.8 Å². The van der Waals surface area contributed by atoms with E-state index < -0.39 is 23.6 Å². The molecule has 0 aliphatic carbocycles. The van der Waals surface area contributed by atoms with Gasteiger partial charge in [-0.15, -0.1) is 0 Å². The van der Waals surface area contributed by atoms with Crippen molar-refractivity contribution in [3.05, 3.63) is 59.5 Å². The van der Waals surface area contributed by atoms with Crippen LogP contribution in [0.4, 0.5) is 15.0 Å². The van der Waals surface area contributed by atoms with Gasteiger partial charge in [0.25, 0.3) is 0 Å². The maximum atomic E-state index is 13.1. The average molecular weight is 401 g/mol. The number of ether oxygens (including phenoxy) is 1. The van der Waals surface area contributed by atoms with Crippen molar-refractivity contribution >= 4 is 17.7 Å². The third kappa shape index (κ3) is 6.35. The number of Topliss-reactive ketones (excluding diaryl/α,β-unsaturated/α-hetero) is 1. The zero-order valence-electron chi connectivity index (χ0n) is 17.5. The fourth-order valence-electron chi connectivity index (χ4n) is 2.66. The molecule has 0 bridgehead atoms. The molecule has 0 radical (unpaired) electrons. The van der Waals surface area contributed by atoms with Gasteiger partial charge in [-0.2, -0.15) is 0 Å². The van der Waals surface area contributed by atoms with Crippen LogP contribution in [0.5, 0.6) is 0 Å². The maximum absolute atomic E-state index is 13.1. The zero-order valence-corrected chi connectivity index (χ0v) is 17.5. The predicted octanol–water partition coefficient (Wildman–Crippen LogP) is 4.50. The van der Waals surface area contributed by atoms with E-state index in [-0.39, 0.29) is 11.7 Å². The van der Waals surface area contributed by atoms with Gasteiger partial charge < -0.3 is 10.5 Å². The van der Waals surface area contributed by atoms with Gasteiger partial charge in [0.15, 0.2) is 5.78 Å². The molecule has 1 amide bonds. The Kier molecular flexibility index (Phi) is 7.08. The van der Waals surface area contributed by atoms with Gasteiger partial charge in [-0.25, -0.2) is 14.2 Å². The largest absolute Gasteiger partial charge is 0.443 e. The van der Waals surface area contributed by atoms with Crippen LogP contribution in [0.3, 0.4) is 0 Å². The molecule has 0 saturated heterocycles. The zero-order chi connectivity index (χ0) is 21.8. The summed E-state index contributed by atoms with van der Waals surface area (Å²) in [5.41, 5.74) is 6.31. The fourth-order valence-corrected chi connectivity index (χ4v) is 2.66. The summed E-state index contributed by atoms with van der Waals surface area (Å²) in [6.45, 7) is 9.72. The lowest BCUT2D eigenvalue weighted by atomic mass is 9.99. The van der Waals surface area contributed by atoms with E-state index in [0.717, 1.165) is 0 Å². The number of nitrogens with zero attached hydrogens (tertiary/aromatic N) is 2. The van der Waals surface area contributed by atoms with E-state index in [0.29, 0.717) is 23.5 Å². The second kappa shape index (κ2) is 9.13. The maximum Gasteiger partial charge on any atom is 0.416 e. The normalized spacial score (nSPS) is 12.6. The standard InChI is InChI=1S/C22H28FN3O3/c1-14(2)13-26(21(28)29-22(3,4)5)18-12-16(10-11-25-18)19(24)20(27)15-6-8-17(23)9-7-15/h6-12,14,19H,13,24H2,1-5H3. The molecule has 2 aromatic rings. The summed E-state index contributed by atoms with van der Waals surface area (Å²) in [5.74, 6) is -0.256. The number of amides is 1. The summed E-state index contributed by atoms with van der Waals surface area (Å²) in [4.78, 5) is 31.1. The molecule has 1 unspecified atom stereocenters. The number of hydrogen-bond acceptors (Lipinski definition) is 5. The van der Waals surface area contributed by atoms with Crippen molar-refractivity contribution < 1.29 is 18.7 Å². The second-order valence-electron chi connectivity index (χ2n) is 8.28. The van der Waals surface area contributed by atoms with Crippen molar-refractivity contribution in [2.45, 2.75) is 46.3 Å². The molecule has 0 saturated carbocycles. The van der Waals surface area contributed by atoms with Crippen molar-refractivity contribution in [1.29, 1.82) is 0 Å². The Morgan fingerprint density at radius 1 is 1.17 bits per heavy atom. The van der Waals surface area contributed by atoms with E-state index in [4.69, 9.17) is 10.5 Å². The van der Waals surface area contributed by atoms with Gasteiger partial charge in [-0.05, 0) is 68.7 Å². The molecule has 2 N–H and O–H groups in total. The number of carbonyl (C=O) groups is 2. The van der Waals surface area contributed by atoms with Gasteiger partial charge >= 0.3 is 6.09 Å². The van der Waals surface area contributed by atoms with Crippen molar-refractivity contribution in [3.63, 3.8) is 0 Å². The Morgan fingerprint density at radius 3 is 2.34 bits per heavy atom. The first-order chi connectivity index (χ1) is 13.5. The minimum atomic E-state index is -0.971. The molecule has 0 aliphatic rings. The molecular formula is C22H28FN3O3. The molecule has 1 atom stereocenters. The Morgan fingerprint density at radius 2 is 1.79 bits per heavy atom. The number of anilines is 1. The first-order valence-corrected chi connectivity index (χ1v) is 9.50. The van der Waals surface area contributed by atoms with Crippen molar-refractivity contribution in [1.82, 2.24) is 4.98 Å².